The maximum absolute atomic E-state index is 12.5. The first kappa shape index (κ1) is 17.6. The molecular weight excluding hydrogens is 338 g/mol. The molecule has 1 aromatic rings. The third kappa shape index (κ3) is 4.27. The van der Waals surface area contributed by atoms with E-state index in [1.54, 1.807) is 31.2 Å². The lowest BCUT2D eigenvalue weighted by Gasteiger charge is -2.21. The zero-order valence-corrected chi connectivity index (χ0v) is 14.7. The lowest BCUT2D eigenvalue weighted by molar-refractivity contribution is 0.0790. The van der Waals surface area contributed by atoms with Crippen molar-refractivity contribution in [3.8, 4) is 17.2 Å². The van der Waals surface area contributed by atoms with Gasteiger partial charge in [-0.15, -0.1) is 0 Å². The van der Waals surface area contributed by atoms with E-state index in [1.165, 1.54) is 14.2 Å². The minimum Gasteiger partial charge on any atom is -0.493 e. The minimum atomic E-state index is -0.110. The summed E-state index contributed by atoms with van der Waals surface area (Å²) in [7, 11) is 6.34. The van der Waals surface area contributed by atoms with Crippen molar-refractivity contribution in [2.24, 2.45) is 0 Å². The Morgan fingerprint density at radius 2 is 1.81 bits per heavy atom. The summed E-state index contributed by atoms with van der Waals surface area (Å²) in [5.74, 6) is 1.23. The van der Waals surface area contributed by atoms with Gasteiger partial charge in [-0.05, 0) is 18.6 Å². The van der Waals surface area contributed by atoms with Gasteiger partial charge in [0.25, 0.3) is 5.91 Å². The number of alkyl halides is 1. The zero-order valence-electron chi connectivity index (χ0n) is 13.1. The van der Waals surface area contributed by atoms with Crippen LogP contribution >= 0.6 is 15.9 Å². The number of rotatable bonds is 7. The Morgan fingerprint density at radius 1 is 1.19 bits per heavy atom. The van der Waals surface area contributed by atoms with Crippen molar-refractivity contribution >= 4 is 21.8 Å². The van der Waals surface area contributed by atoms with Gasteiger partial charge in [0.05, 0.1) is 26.9 Å². The zero-order chi connectivity index (χ0) is 16.0. The van der Waals surface area contributed by atoms with Crippen LogP contribution in [0.25, 0.3) is 0 Å². The van der Waals surface area contributed by atoms with Crippen molar-refractivity contribution in [3.05, 3.63) is 17.7 Å². The van der Waals surface area contributed by atoms with Crippen molar-refractivity contribution < 1.29 is 19.0 Å². The number of hydrogen-bond acceptors (Lipinski definition) is 4. The van der Waals surface area contributed by atoms with Crippen molar-refractivity contribution in [1.29, 1.82) is 0 Å². The van der Waals surface area contributed by atoms with Crippen molar-refractivity contribution in [2.45, 2.75) is 18.2 Å². The largest absolute Gasteiger partial charge is 0.493 e. The second-order valence-corrected chi connectivity index (χ2v) is 6.24. The van der Waals surface area contributed by atoms with E-state index in [-0.39, 0.29) is 5.91 Å². The molecule has 0 heterocycles. The normalized spacial score (nSPS) is 11.7. The van der Waals surface area contributed by atoms with E-state index in [1.807, 2.05) is 0 Å². The monoisotopic (exact) mass is 359 g/mol. The van der Waals surface area contributed by atoms with Crippen LogP contribution in [0.3, 0.4) is 0 Å². The lowest BCUT2D eigenvalue weighted by atomic mass is 10.1. The number of hydrogen-bond donors (Lipinski definition) is 0. The molecule has 1 aromatic carbocycles. The average Bonchev–Trinajstić information content (AvgIpc) is 2.49. The lowest BCUT2D eigenvalue weighted by Crippen LogP contribution is -2.29. The second-order valence-electron chi connectivity index (χ2n) is 4.68. The first-order valence-electron chi connectivity index (χ1n) is 6.64. The van der Waals surface area contributed by atoms with Crippen LogP contribution in [-0.4, -0.2) is 50.6 Å². The number of carbonyl (C=O) groups is 1. The van der Waals surface area contributed by atoms with Gasteiger partial charge in [0.1, 0.15) is 0 Å². The van der Waals surface area contributed by atoms with Gasteiger partial charge in [0, 0.05) is 18.4 Å². The first-order valence-corrected chi connectivity index (χ1v) is 7.56. The fraction of sp³-hybridized carbons (Fsp3) is 0.533. The molecule has 1 rings (SSSR count). The van der Waals surface area contributed by atoms with Crippen LogP contribution in [0.2, 0.25) is 0 Å². The van der Waals surface area contributed by atoms with E-state index in [2.05, 4.69) is 22.9 Å². The van der Waals surface area contributed by atoms with Gasteiger partial charge in [-0.1, -0.05) is 22.9 Å². The Balaban J connectivity index is 3.09. The van der Waals surface area contributed by atoms with Gasteiger partial charge >= 0.3 is 0 Å². The summed E-state index contributed by atoms with van der Waals surface area (Å²) in [5, 5.41) is 0. The summed E-state index contributed by atoms with van der Waals surface area (Å²) >= 11 is 3.48. The molecule has 0 saturated carbocycles. The number of ether oxygens (including phenoxy) is 3. The summed E-state index contributed by atoms with van der Waals surface area (Å²) in [5.41, 5.74) is 0.458. The fourth-order valence-electron chi connectivity index (χ4n) is 1.95. The molecular formula is C15H22BrNO4. The van der Waals surface area contributed by atoms with Gasteiger partial charge in [0.2, 0.25) is 5.75 Å². The highest BCUT2D eigenvalue weighted by Gasteiger charge is 2.22. The number of carbonyl (C=O) groups excluding carboxylic acids is 1. The standard InChI is InChI=1S/C15H22BrNO4/c1-10(16)8-9-17(2)15(18)11-6-7-12(19-3)14(21-5)13(11)20-4/h6-7,10H,8-9H2,1-5H3. The van der Waals surface area contributed by atoms with Crippen LogP contribution < -0.4 is 14.2 Å². The molecule has 0 bridgehead atoms. The molecule has 0 aromatic heterocycles. The summed E-state index contributed by atoms with van der Waals surface area (Å²) in [6.07, 6.45) is 0.873. The van der Waals surface area contributed by atoms with E-state index in [0.29, 0.717) is 34.2 Å². The van der Waals surface area contributed by atoms with Crippen molar-refractivity contribution in [3.63, 3.8) is 0 Å². The maximum Gasteiger partial charge on any atom is 0.257 e. The van der Waals surface area contributed by atoms with Gasteiger partial charge < -0.3 is 19.1 Å². The third-order valence-electron chi connectivity index (χ3n) is 3.14. The van der Waals surface area contributed by atoms with Crippen LogP contribution in [0.1, 0.15) is 23.7 Å². The molecule has 0 N–H and O–H groups in total. The molecule has 5 nitrogen and oxygen atoms in total. The van der Waals surface area contributed by atoms with Gasteiger partial charge in [0.15, 0.2) is 11.5 Å². The van der Waals surface area contributed by atoms with Gasteiger partial charge in [-0.3, -0.25) is 4.79 Å². The number of benzene rings is 1. The minimum absolute atomic E-state index is 0.110. The smallest absolute Gasteiger partial charge is 0.257 e. The van der Waals surface area contributed by atoms with Crippen LogP contribution in [0.4, 0.5) is 0 Å². The Morgan fingerprint density at radius 3 is 2.29 bits per heavy atom. The second kappa shape index (κ2) is 8.12. The van der Waals surface area contributed by atoms with E-state index >= 15 is 0 Å². The topological polar surface area (TPSA) is 48.0 Å². The highest BCUT2D eigenvalue weighted by atomic mass is 79.9. The predicted octanol–water partition coefficient (Wildman–Crippen LogP) is 2.96. The third-order valence-corrected chi connectivity index (χ3v) is 3.60. The van der Waals surface area contributed by atoms with E-state index in [0.717, 1.165) is 6.42 Å². The molecule has 6 heteroatoms. The predicted molar refractivity (Wildman–Crippen MR) is 86.1 cm³/mol. The molecule has 21 heavy (non-hydrogen) atoms. The molecule has 0 saturated heterocycles. The quantitative estimate of drug-likeness (QED) is 0.702. The number of methoxy groups -OCH3 is 3. The number of halogens is 1. The molecule has 0 spiro atoms. The van der Waals surface area contributed by atoms with Crippen molar-refractivity contribution in [1.82, 2.24) is 4.90 Å². The molecule has 0 radical (unpaired) electrons. The molecule has 118 valence electrons. The van der Waals surface area contributed by atoms with Crippen LogP contribution in [0.15, 0.2) is 12.1 Å². The fourth-order valence-corrected chi connectivity index (χ4v) is 2.15. The van der Waals surface area contributed by atoms with Crippen molar-refractivity contribution in [2.75, 3.05) is 34.9 Å². The van der Waals surface area contributed by atoms with Gasteiger partial charge in [-0.2, -0.15) is 0 Å². The highest BCUT2D eigenvalue weighted by Crippen LogP contribution is 2.40. The molecule has 0 fully saturated rings. The van der Waals surface area contributed by atoms with E-state index in [4.69, 9.17) is 14.2 Å². The number of amides is 1. The Hall–Kier alpha value is -1.43. The SMILES string of the molecule is COc1ccc(C(=O)N(C)CCC(C)Br)c(OC)c1OC. The Kier molecular flexibility index (Phi) is 6.81. The summed E-state index contributed by atoms with van der Waals surface area (Å²) < 4.78 is 15.9. The molecule has 0 aliphatic carbocycles. The molecule has 0 aliphatic rings. The van der Waals surface area contributed by atoms with E-state index < -0.39 is 0 Å². The van der Waals surface area contributed by atoms with Crippen LogP contribution in [-0.2, 0) is 0 Å². The Bertz CT molecular complexity index is 491. The molecule has 1 unspecified atom stereocenters. The molecule has 1 atom stereocenters. The molecule has 1 amide bonds. The summed E-state index contributed by atoms with van der Waals surface area (Å²) in [6.45, 7) is 2.71. The first-order chi connectivity index (χ1) is 9.96. The average molecular weight is 360 g/mol. The highest BCUT2D eigenvalue weighted by molar-refractivity contribution is 9.09. The maximum atomic E-state index is 12.5. The Labute approximate surface area is 134 Å². The number of nitrogens with zero attached hydrogens (tertiary/aromatic N) is 1. The summed E-state index contributed by atoms with van der Waals surface area (Å²) in [6, 6.07) is 3.39. The van der Waals surface area contributed by atoms with E-state index in [9.17, 15) is 4.79 Å². The van der Waals surface area contributed by atoms with Gasteiger partial charge in [-0.25, -0.2) is 0 Å². The summed E-state index contributed by atoms with van der Waals surface area (Å²) in [4.78, 5) is 14.6. The van der Waals surface area contributed by atoms with Crippen LogP contribution in [0, 0.1) is 0 Å². The van der Waals surface area contributed by atoms with Crippen LogP contribution in [0.5, 0.6) is 17.2 Å². The molecule has 0 aliphatic heterocycles.